The molecule has 13 heteroatoms. The minimum atomic E-state index is -5.53. The van der Waals surface area contributed by atoms with Gasteiger partial charge in [-0.15, -0.1) is 0 Å². The van der Waals surface area contributed by atoms with Crippen LogP contribution in [0.4, 0.5) is 22.0 Å². The van der Waals surface area contributed by atoms with Gasteiger partial charge in [0.15, 0.2) is 0 Å². The monoisotopic (exact) mass is 480 g/mol. The molecule has 0 atom stereocenters. The van der Waals surface area contributed by atoms with E-state index in [9.17, 15) is 40.4 Å². The van der Waals surface area contributed by atoms with Crippen LogP contribution >= 0.6 is 0 Å². The van der Waals surface area contributed by atoms with Crippen LogP contribution in [-0.4, -0.2) is 66.7 Å². The number of piperidine rings is 1. The highest BCUT2D eigenvalue weighted by Crippen LogP contribution is 2.39. The van der Waals surface area contributed by atoms with E-state index < -0.39 is 40.6 Å². The van der Waals surface area contributed by atoms with Gasteiger partial charge >= 0.3 is 22.3 Å². The van der Waals surface area contributed by atoms with Gasteiger partial charge in [0.05, 0.1) is 0 Å². The number of carbonyl (C=O) groups excluding carboxylic acids is 1. The molecule has 0 radical (unpaired) electrons. The van der Waals surface area contributed by atoms with Gasteiger partial charge in [0, 0.05) is 38.6 Å². The first-order valence-electron chi connectivity index (χ1n) is 10.4. The molecule has 31 heavy (non-hydrogen) atoms. The second kappa shape index (κ2) is 10.7. The van der Waals surface area contributed by atoms with Crippen molar-refractivity contribution in [1.29, 1.82) is 0 Å². The van der Waals surface area contributed by atoms with Crippen molar-refractivity contribution in [2.24, 2.45) is 11.8 Å². The third-order valence-electron chi connectivity index (χ3n) is 5.90. The lowest BCUT2D eigenvalue weighted by molar-refractivity contribution is -0.284. The molecule has 2 fully saturated rings. The lowest BCUT2D eigenvalue weighted by atomic mass is 9.92. The summed E-state index contributed by atoms with van der Waals surface area (Å²) in [5.41, 5.74) is 0. The number of rotatable bonds is 9. The Hall–Kier alpha value is -1.05. The van der Waals surface area contributed by atoms with Gasteiger partial charge in [-0.05, 0) is 38.0 Å². The number of hydrogen-bond acceptors (Lipinski definition) is 5. The third-order valence-corrected chi connectivity index (χ3v) is 7.53. The molecule has 0 aromatic carbocycles. The lowest BCUT2D eigenvalue weighted by Crippen LogP contribution is -2.50. The molecule has 0 unspecified atom stereocenters. The van der Waals surface area contributed by atoms with Gasteiger partial charge in [-0.2, -0.15) is 34.7 Å². The number of carbonyl (C=O) groups is 1. The Morgan fingerprint density at radius 1 is 1.00 bits per heavy atom. The molecule has 182 valence electrons. The first kappa shape index (κ1) is 26.2. The number of amides is 1. The van der Waals surface area contributed by atoms with E-state index in [2.05, 4.69) is 0 Å². The molecule has 0 aromatic heterocycles. The van der Waals surface area contributed by atoms with Crippen molar-refractivity contribution in [2.75, 3.05) is 26.3 Å². The molecule has 0 bridgehead atoms. The van der Waals surface area contributed by atoms with E-state index in [4.69, 9.17) is 4.74 Å². The maximum atomic E-state index is 12.9. The molecule has 2 aliphatic heterocycles. The number of alkyl halides is 5. The highest BCUT2D eigenvalue weighted by atomic mass is 32.2. The fourth-order valence-electron chi connectivity index (χ4n) is 3.85. The van der Waals surface area contributed by atoms with Crippen LogP contribution in [0.2, 0.25) is 0 Å². The smallest absolute Gasteiger partial charge is 0.381 e. The van der Waals surface area contributed by atoms with Crippen LogP contribution in [0.3, 0.4) is 0 Å². The predicted octanol–water partition coefficient (Wildman–Crippen LogP) is 3.74. The first-order chi connectivity index (χ1) is 14.4. The molecule has 2 saturated heterocycles. The molecule has 1 amide bonds. The Balaban J connectivity index is 1.72. The largest absolute Gasteiger partial charge is 0.453 e. The Labute approximate surface area is 178 Å². The minimum absolute atomic E-state index is 0.0945. The summed E-state index contributed by atoms with van der Waals surface area (Å²) in [6.45, 7) is 0.835. The van der Waals surface area contributed by atoms with E-state index in [-0.39, 0.29) is 36.3 Å². The van der Waals surface area contributed by atoms with E-state index in [1.54, 1.807) is 0 Å². The van der Waals surface area contributed by atoms with Gasteiger partial charge in [-0.3, -0.25) is 10.0 Å². The van der Waals surface area contributed by atoms with Gasteiger partial charge in [-0.25, -0.2) is 0 Å². The van der Waals surface area contributed by atoms with Crippen LogP contribution in [-0.2, 0) is 19.7 Å². The quantitative estimate of drug-likeness (QED) is 0.235. The standard InChI is InChI=1S/C18H29F5N2O5S/c19-17(20,18(21,22)23)9-3-1-2-4-14-5-10-24(11-6-14)31(28,29)25(27)16(26)15-7-12-30-13-8-15/h14-15,27H,1-13H2. The van der Waals surface area contributed by atoms with Crippen molar-refractivity contribution in [3.63, 3.8) is 0 Å². The Kier molecular flexibility index (Phi) is 9.05. The van der Waals surface area contributed by atoms with Crippen LogP contribution in [0, 0.1) is 11.8 Å². The second-order valence-corrected chi connectivity index (χ2v) is 9.88. The highest BCUT2D eigenvalue weighted by Gasteiger charge is 2.56. The molecular formula is C18H29F5N2O5S. The topological polar surface area (TPSA) is 87.1 Å². The summed E-state index contributed by atoms with van der Waals surface area (Å²) in [4.78, 5) is 12.3. The maximum absolute atomic E-state index is 12.9. The Morgan fingerprint density at radius 2 is 1.58 bits per heavy atom. The van der Waals surface area contributed by atoms with Crippen LogP contribution in [0.25, 0.3) is 0 Å². The molecule has 0 saturated carbocycles. The predicted molar refractivity (Wildman–Crippen MR) is 99.5 cm³/mol. The van der Waals surface area contributed by atoms with Crippen LogP contribution in [0.1, 0.15) is 57.8 Å². The molecule has 0 spiro atoms. The van der Waals surface area contributed by atoms with E-state index in [1.807, 2.05) is 0 Å². The molecule has 2 rings (SSSR count). The number of hydrogen-bond donors (Lipinski definition) is 1. The van der Waals surface area contributed by atoms with Gasteiger partial charge in [0.25, 0.3) is 5.91 Å². The van der Waals surface area contributed by atoms with Crippen LogP contribution in [0.15, 0.2) is 0 Å². The summed E-state index contributed by atoms with van der Waals surface area (Å²) < 4.78 is 93.2. The summed E-state index contributed by atoms with van der Waals surface area (Å²) in [7, 11) is -4.35. The number of halogens is 5. The van der Waals surface area contributed by atoms with Crippen LogP contribution < -0.4 is 0 Å². The fraction of sp³-hybridized carbons (Fsp3) is 0.944. The summed E-state index contributed by atoms with van der Waals surface area (Å²) in [6, 6.07) is 0. The number of unbranched alkanes of at least 4 members (excludes halogenated alkanes) is 2. The molecule has 2 aliphatic rings. The molecule has 2 heterocycles. The van der Waals surface area contributed by atoms with Crippen molar-refractivity contribution in [3.8, 4) is 0 Å². The summed E-state index contributed by atoms with van der Waals surface area (Å²) >= 11 is 0. The van der Waals surface area contributed by atoms with E-state index in [0.29, 0.717) is 51.7 Å². The second-order valence-electron chi connectivity index (χ2n) is 8.12. The SMILES string of the molecule is O=C(C1CCOCC1)N(O)S(=O)(=O)N1CCC(CCCCCC(F)(F)C(F)(F)F)CC1. The van der Waals surface area contributed by atoms with Crippen molar-refractivity contribution < 1.29 is 45.1 Å². The minimum Gasteiger partial charge on any atom is -0.381 e. The van der Waals surface area contributed by atoms with Gasteiger partial charge in [-0.1, -0.05) is 23.7 Å². The Morgan fingerprint density at radius 3 is 2.13 bits per heavy atom. The zero-order valence-electron chi connectivity index (χ0n) is 17.1. The zero-order chi connectivity index (χ0) is 23.3. The van der Waals surface area contributed by atoms with E-state index in [0.717, 1.165) is 4.31 Å². The number of ether oxygens (including phenoxy) is 1. The van der Waals surface area contributed by atoms with Gasteiger partial charge in [0.1, 0.15) is 0 Å². The lowest BCUT2D eigenvalue weighted by Gasteiger charge is -2.34. The van der Waals surface area contributed by atoms with Crippen molar-refractivity contribution in [3.05, 3.63) is 0 Å². The number of hydroxylamine groups is 1. The maximum Gasteiger partial charge on any atom is 0.453 e. The average Bonchev–Trinajstić information content (AvgIpc) is 2.72. The zero-order valence-corrected chi connectivity index (χ0v) is 17.9. The summed E-state index contributed by atoms with van der Waals surface area (Å²) in [5.74, 6) is -6.06. The van der Waals surface area contributed by atoms with E-state index >= 15 is 0 Å². The normalized spacial score (nSPS) is 20.7. The van der Waals surface area contributed by atoms with E-state index in [1.165, 1.54) is 0 Å². The highest BCUT2D eigenvalue weighted by molar-refractivity contribution is 7.87. The summed E-state index contributed by atoms with van der Waals surface area (Å²) in [6.07, 6.45) is -4.13. The average molecular weight is 480 g/mol. The molecule has 1 N–H and O–H groups in total. The Bertz CT molecular complexity index is 690. The molecule has 0 aromatic rings. The van der Waals surface area contributed by atoms with Crippen LogP contribution in [0.5, 0.6) is 0 Å². The third kappa shape index (κ3) is 6.96. The summed E-state index contributed by atoms with van der Waals surface area (Å²) in [5, 5.41) is 10.0. The van der Waals surface area contributed by atoms with Crippen molar-refractivity contribution in [1.82, 2.24) is 8.77 Å². The molecule has 7 nitrogen and oxygen atoms in total. The fourth-order valence-corrected chi connectivity index (χ4v) is 5.12. The molecular weight excluding hydrogens is 451 g/mol. The molecule has 0 aliphatic carbocycles. The van der Waals surface area contributed by atoms with Crippen molar-refractivity contribution >= 4 is 16.1 Å². The van der Waals surface area contributed by atoms with Gasteiger partial charge < -0.3 is 4.74 Å². The first-order valence-corrected chi connectivity index (χ1v) is 11.8. The number of nitrogens with zero attached hydrogens (tertiary/aromatic N) is 2. The van der Waals surface area contributed by atoms with Crippen molar-refractivity contribution in [2.45, 2.75) is 69.9 Å². The van der Waals surface area contributed by atoms with Gasteiger partial charge in [0.2, 0.25) is 0 Å².